The maximum atomic E-state index is 7.50. The first-order valence-corrected chi connectivity index (χ1v) is 7.67. The standard InChI is InChI=1S/C15H15NO2.5CO.Cr/c1-3-18-12-16-10-9-14-7-4-6-13(15(14)16)8-5-11-17-2;5*1-2;/h4,6-7,9-10H,3,12H2,1-2H3;;;;;;. The molecule has 0 N–H and O–H groups in total. The zero-order chi connectivity index (χ0) is 23.7. The van der Waals surface area contributed by atoms with Crippen LogP contribution in [0.4, 0.5) is 0 Å². The molecule has 1 heterocycles. The monoisotopic (exact) mass is 433 g/mol. The normalized spacial score (nSPS) is 7.03. The molecule has 0 aliphatic rings. The van der Waals surface area contributed by atoms with E-state index in [1.807, 2.05) is 25.3 Å². The van der Waals surface area contributed by atoms with Crippen LogP contribution in [0.15, 0.2) is 30.5 Å². The number of nitrogens with zero attached hydrogens (tertiary/aromatic N) is 1. The van der Waals surface area contributed by atoms with Crippen molar-refractivity contribution < 1.29 is 48.6 Å². The Bertz CT molecular complexity index is 829. The zero-order valence-corrected chi connectivity index (χ0v) is 16.8. The molecule has 148 valence electrons. The van der Waals surface area contributed by atoms with Gasteiger partial charge in [-0.2, -0.15) is 0 Å². The van der Waals surface area contributed by atoms with Crippen LogP contribution in [0.2, 0.25) is 0 Å². The van der Waals surface area contributed by atoms with E-state index in [-0.39, 0.29) is 0 Å². The van der Waals surface area contributed by atoms with Gasteiger partial charge in [-0.05, 0) is 0 Å². The molecule has 0 spiro atoms. The zero-order valence-electron chi connectivity index (χ0n) is 15.5. The van der Waals surface area contributed by atoms with Gasteiger partial charge >= 0.3 is 177 Å². The van der Waals surface area contributed by atoms with Crippen molar-refractivity contribution in [2.45, 2.75) is 13.7 Å². The van der Waals surface area contributed by atoms with Gasteiger partial charge in [0.05, 0.1) is 0 Å². The Morgan fingerprint density at radius 1 is 1.00 bits per heavy atom. The SMILES string of the molecule is CCOCn1ccc2cccc(C#C[C](=[Cr])OC)c21.[C-]#[O+].[C-]#[O+].[C-]#[O+].[C-]#[O+].[C-]#[O+]. The minimum atomic E-state index is 0.539. The molecule has 0 saturated heterocycles. The first-order valence-electron chi connectivity index (χ1n) is 7.04. The fourth-order valence-electron chi connectivity index (χ4n) is 1.83. The third kappa shape index (κ3) is 14.1. The van der Waals surface area contributed by atoms with Crippen LogP contribution in [0, 0.1) is 45.1 Å². The second-order valence-corrected chi connectivity index (χ2v) is 4.47. The van der Waals surface area contributed by atoms with Gasteiger partial charge in [-0.15, -0.1) is 0 Å². The van der Waals surface area contributed by atoms with Crippen molar-refractivity contribution in [1.82, 2.24) is 4.57 Å². The van der Waals surface area contributed by atoms with Gasteiger partial charge in [0.15, 0.2) is 0 Å². The van der Waals surface area contributed by atoms with Crippen LogP contribution in [0.5, 0.6) is 0 Å². The Morgan fingerprint density at radius 3 is 2.03 bits per heavy atom. The Hall–Kier alpha value is -2.66. The number of hydrogen-bond acceptors (Lipinski definition) is 2. The van der Waals surface area contributed by atoms with E-state index in [1.165, 1.54) is 0 Å². The second-order valence-electron chi connectivity index (χ2n) is 3.89. The Kier molecular flexibility index (Phi) is 32.2. The van der Waals surface area contributed by atoms with Gasteiger partial charge in [0.25, 0.3) is 0 Å². The molecule has 0 fully saturated rings. The Balaban J connectivity index is -0.000000273. The van der Waals surface area contributed by atoms with Crippen molar-refractivity contribution >= 4 is 15.5 Å². The molecule has 0 bridgehead atoms. The number of hydrogen-bond donors (Lipinski definition) is 0. The quantitative estimate of drug-likeness (QED) is 0.417. The van der Waals surface area contributed by atoms with Crippen LogP contribution >= 0.6 is 0 Å². The molecule has 0 unspecified atom stereocenters. The number of para-hydroxylation sites is 1. The second kappa shape index (κ2) is 27.6. The number of aromatic nitrogens is 1. The molecular weight excluding hydrogens is 418 g/mol. The van der Waals surface area contributed by atoms with Crippen molar-refractivity contribution in [2.75, 3.05) is 13.7 Å². The summed E-state index contributed by atoms with van der Waals surface area (Å²) in [6.45, 7) is 25.7. The van der Waals surface area contributed by atoms with E-state index in [2.05, 4.69) is 77.6 Å². The van der Waals surface area contributed by atoms with Crippen molar-refractivity contribution in [3.8, 4) is 11.8 Å². The molecule has 8 nitrogen and oxygen atoms in total. The Labute approximate surface area is 177 Å². The molecule has 1 aromatic heterocycles. The van der Waals surface area contributed by atoms with Gasteiger partial charge in [-0.25, -0.2) is 0 Å². The van der Waals surface area contributed by atoms with Crippen LogP contribution in [-0.2, 0) is 55.3 Å². The number of rotatable bonds is 4. The summed E-state index contributed by atoms with van der Waals surface area (Å²) >= 11 is 2.78. The van der Waals surface area contributed by atoms with Gasteiger partial charge in [0.2, 0.25) is 0 Å². The summed E-state index contributed by atoms with van der Waals surface area (Å²) in [6, 6.07) is 8.14. The molecule has 0 atom stereocenters. The van der Waals surface area contributed by atoms with E-state index in [4.69, 9.17) is 32.7 Å². The molecule has 0 saturated carbocycles. The predicted molar refractivity (Wildman–Crippen MR) is 92.1 cm³/mol. The van der Waals surface area contributed by atoms with E-state index in [1.54, 1.807) is 7.11 Å². The maximum absolute atomic E-state index is 7.50. The van der Waals surface area contributed by atoms with Crippen LogP contribution in [-0.4, -0.2) is 22.8 Å². The summed E-state index contributed by atoms with van der Waals surface area (Å²) < 4.78 is 50.6. The molecule has 1 aromatic carbocycles. The summed E-state index contributed by atoms with van der Waals surface area (Å²) in [7, 11) is 1.60. The van der Waals surface area contributed by atoms with Crippen molar-refractivity contribution in [2.24, 2.45) is 0 Å². The third-order valence-electron chi connectivity index (χ3n) is 2.71. The summed E-state index contributed by atoms with van der Waals surface area (Å²) in [5, 5.41) is 1.16. The van der Waals surface area contributed by atoms with Gasteiger partial charge in [0, 0.05) is 0 Å². The summed E-state index contributed by atoms with van der Waals surface area (Å²) in [4.78, 5) is 0. The molecule has 0 amide bonds. The average molecular weight is 433 g/mol. The predicted octanol–water partition coefficient (Wildman–Crippen LogP) is 2.12. The molecule has 2 aromatic rings. The fourth-order valence-corrected chi connectivity index (χ4v) is 1.91. The number of fused-ring (bicyclic) bond motifs is 1. The molecule has 9 heteroatoms. The van der Waals surface area contributed by atoms with E-state index in [0.29, 0.717) is 17.9 Å². The number of benzene rings is 1. The Morgan fingerprint density at radius 2 is 1.55 bits per heavy atom. The first kappa shape index (κ1) is 33.9. The fraction of sp³-hybridized carbons (Fsp3) is 0.200. The average Bonchev–Trinajstić information content (AvgIpc) is 3.26. The van der Waals surface area contributed by atoms with Crippen LogP contribution in [0.25, 0.3) is 10.9 Å². The summed E-state index contributed by atoms with van der Waals surface area (Å²) in [5.74, 6) is 6.07. The van der Waals surface area contributed by atoms with E-state index in [0.717, 1.165) is 16.5 Å². The van der Waals surface area contributed by atoms with Gasteiger partial charge in [0.1, 0.15) is 0 Å². The molecule has 2 rings (SSSR count). The van der Waals surface area contributed by atoms with Gasteiger partial charge in [-0.3, -0.25) is 0 Å². The van der Waals surface area contributed by atoms with Gasteiger partial charge < -0.3 is 0 Å². The summed E-state index contributed by atoms with van der Waals surface area (Å²) in [6.07, 6.45) is 2.02. The van der Waals surface area contributed by atoms with Crippen LogP contribution in [0.1, 0.15) is 12.5 Å². The molecule has 29 heavy (non-hydrogen) atoms. The molecule has 0 aliphatic heterocycles. The molecule has 0 aliphatic carbocycles. The van der Waals surface area contributed by atoms with Crippen LogP contribution < -0.4 is 0 Å². The molecular formula is C20H15CrNO7. The van der Waals surface area contributed by atoms with Crippen LogP contribution in [0.3, 0.4) is 0 Å². The van der Waals surface area contributed by atoms with Crippen molar-refractivity contribution in [1.29, 1.82) is 0 Å². The topological polar surface area (TPSA) is 123 Å². The number of ether oxygens (including phenoxy) is 2. The first-order chi connectivity index (χ1) is 14.3. The van der Waals surface area contributed by atoms with Crippen molar-refractivity contribution in [3.63, 3.8) is 0 Å². The van der Waals surface area contributed by atoms with E-state index in [9.17, 15) is 0 Å². The van der Waals surface area contributed by atoms with E-state index >= 15 is 0 Å². The number of methoxy groups -OCH3 is 1. The molecule has 0 radical (unpaired) electrons. The third-order valence-corrected chi connectivity index (χ3v) is 3.13. The van der Waals surface area contributed by atoms with Crippen molar-refractivity contribution in [3.05, 3.63) is 69.3 Å². The van der Waals surface area contributed by atoms with E-state index < -0.39 is 0 Å². The summed E-state index contributed by atoms with van der Waals surface area (Å²) in [5.41, 5.74) is 2.05. The minimum absolute atomic E-state index is 0.539. The van der Waals surface area contributed by atoms with Gasteiger partial charge in [-0.1, -0.05) is 0 Å².